The van der Waals surface area contributed by atoms with Crippen LogP contribution in [0.3, 0.4) is 0 Å². The van der Waals surface area contributed by atoms with Crippen molar-refractivity contribution in [1.29, 1.82) is 0 Å². The fraction of sp³-hybridized carbons (Fsp3) is 0.529. The highest BCUT2D eigenvalue weighted by Crippen LogP contribution is 2.34. The third-order valence-corrected chi connectivity index (χ3v) is 4.18. The van der Waals surface area contributed by atoms with E-state index in [1.807, 2.05) is 6.07 Å². The van der Waals surface area contributed by atoms with Gasteiger partial charge in [-0.3, -0.25) is 0 Å². The Morgan fingerprint density at radius 1 is 1.29 bits per heavy atom. The summed E-state index contributed by atoms with van der Waals surface area (Å²) in [5, 5.41) is 7.72. The van der Waals surface area contributed by atoms with Crippen LogP contribution in [0.2, 0.25) is 0 Å². The maximum atomic E-state index is 5.45. The number of rotatable bonds is 7. The highest BCUT2D eigenvalue weighted by atomic mass is 16.5. The van der Waals surface area contributed by atoms with E-state index in [0.29, 0.717) is 5.92 Å². The lowest BCUT2D eigenvalue weighted by Crippen LogP contribution is -2.24. The Morgan fingerprint density at radius 2 is 2.10 bits per heavy atom. The zero-order valence-electron chi connectivity index (χ0n) is 12.6. The molecule has 2 aromatic rings. The van der Waals surface area contributed by atoms with Gasteiger partial charge in [-0.1, -0.05) is 48.8 Å². The van der Waals surface area contributed by atoms with E-state index < -0.39 is 0 Å². The minimum absolute atomic E-state index is 0.237. The van der Waals surface area contributed by atoms with E-state index in [-0.39, 0.29) is 6.04 Å². The van der Waals surface area contributed by atoms with E-state index in [2.05, 4.69) is 46.6 Å². The molecular formula is C17H23N3O. The molecule has 1 N–H and O–H groups in total. The molecule has 21 heavy (non-hydrogen) atoms. The Labute approximate surface area is 126 Å². The number of aromatic nitrogens is 2. The third-order valence-electron chi connectivity index (χ3n) is 4.18. The Balaban J connectivity index is 1.69. The highest BCUT2D eigenvalue weighted by Gasteiger charge is 2.25. The van der Waals surface area contributed by atoms with Gasteiger partial charge in [-0.25, -0.2) is 0 Å². The molecule has 1 aromatic heterocycles. The summed E-state index contributed by atoms with van der Waals surface area (Å²) in [5.41, 5.74) is 1.27. The number of hydrogen-bond donors (Lipinski definition) is 1. The predicted octanol–water partition coefficient (Wildman–Crippen LogP) is 3.62. The fourth-order valence-corrected chi connectivity index (χ4v) is 2.67. The smallest absolute Gasteiger partial charge is 0.228 e. The molecule has 0 saturated heterocycles. The summed E-state index contributed by atoms with van der Waals surface area (Å²) in [6.07, 6.45) is 5.56. The first-order valence-corrected chi connectivity index (χ1v) is 7.97. The molecule has 0 amide bonds. The summed E-state index contributed by atoms with van der Waals surface area (Å²) >= 11 is 0. The number of nitrogens with one attached hydrogen (secondary N) is 1. The van der Waals surface area contributed by atoms with E-state index in [9.17, 15) is 0 Å². The van der Waals surface area contributed by atoms with Crippen LogP contribution in [0.25, 0.3) is 0 Å². The largest absolute Gasteiger partial charge is 0.339 e. The van der Waals surface area contributed by atoms with Crippen molar-refractivity contribution in [2.45, 2.75) is 51.0 Å². The van der Waals surface area contributed by atoms with Crippen LogP contribution in [0.4, 0.5) is 0 Å². The van der Waals surface area contributed by atoms with E-state index in [1.165, 1.54) is 24.8 Å². The van der Waals surface area contributed by atoms with Gasteiger partial charge in [0.2, 0.25) is 5.89 Å². The van der Waals surface area contributed by atoms with Crippen LogP contribution in [0.5, 0.6) is 0 Å². The van der Waals surface area contributed by atoms with Crippen LogP contribution in [-0.4, -0.2) is 16.7 Å². The second-order valence-electron chi connectivity index (χ2n) is 5.80. The third kappa shape index (κ3) is 3.50. The Morgan fingerprint density at radius 3 is 2.76 bits per heavy atom. The lowest BCUT2D eigenvalue weighted by atomic mass is 9.85. The normalized spacial score (nSPS) is 16.6. The molecule has 0 aliphatic heterocycles. The molecule has 0 spiro atoms. The minimum Gasteiger partial charge on any atom is -0.339 e. The fourth-order valence-electron chi connectivity index (χ4n) is 2.67. The van der Waals surface area contributed by atoms with Crippen molar-refractivity contribution in [1.82, 2.24) is 15.5 Å². The first kappa shape index (κ1) is 14.3. The van der Waals surface area contributed by atoms with Gasteiger partial charge in [0.25, 0.3) is 0 Å². The summed E-state index contributed by atoms with van der Waals surface area (Å²) < 4.78 is 5.45. The molecule has 1 aliphatic carbocycles. The first-order chi connectivity index (χ1) is 10.4. The van der Waals surface area contributed by atoms with Crippen molar-refractivity contribution in [2.24, 2.45) is 0 Å². The highest BCUT2D eigenvalue weighted by molar-refractivity contribution is 5.20. The van der Waals surface area contributed by atoms with E-state index in [4.69, 9.17) is 4.52 Å². The van der Waals surface area contributed by atoms with Gasteiger partial charge in [0.05, 0.1) is 0 Å². The summed E-state index contributed by atoms with van der Waals surface area (Å²) in [5.74, 6) is 2.18. The lowest BCUT2D eigenvalue weighted by Gasteiger charge is -2.21. The van der Waals surface area contributed by atoms with Gasteiger partial charge in [0, 0.05) is 18.4 Å². The van der Waals surface area contributed by atoms with Crippen LogP contribution >= 0.6 is 0 Å². The SMILES string of the molecule is CCCNC(Cc1nc(C2CCC2)no1)c1ccccc1. The Bertz CT molecular complexity index is 548. The van der Waals surface area contributed by atoms with Crippen LogP contribution in [-0.2, 0) is 6.42 Å². The minimum atomic E-state index is 0.237. The van der Waals surface area contributed by atoms with Crippen molar-refractivity contribution in [3.8, 4) is 0 Å². The van der Waals surface area contributed by atoms with Crippen LogP contribution < -0.4 is 5.32 Å². The quantitative estimate of drug-likeness (QED) is 0.844. The van der Waals surface area contributed by atoms with Gasteiger partial charge >= 0.3 is 0 Å². The molecule has 4 heteroatoms. The molecule has 1 atom stereocenters. The molecule has 1 unspecified atom stereocenters. The van der Waals surface area contributed by atoms with E-state index >= 15 is 0 Å². The second-order valence-corrected chi connectivity index (χ2v) is 5.80. The topological polar surface area (TPSA) is 51.0 Å². The van der Waals surface area contributed by atoms with Gasteiger partial charge < -0.3 is 9.84 Å². The van der Waals surface area contributed by atoms with Gasteiger partial charge in [0.15, 0.2) is 5.82 Å². The first-order valence-electron chi connectivity index (χ1n) is 7.97. The van der Waals surface area contributed by atoms with Crippen LogP contribution in [0.15, 0.2) is 34.9 Å². The molecular weight excluding hydrogens is 262 g/mol. The zero-order chi connectivity index (χ0) is 14.5. The van der Waals surface area contributed by atoms with Gasteiger partial charge in [-0.2, -0.15) is 4.98 Å². The standard InChI is InChI=1S/C17H23N3O/c1-2-11-18-15(13-7-4-3-5-8-13)12-16-19-17(20-21-16)14-9-6-10-14/h3-5,7-8,14-15,18H,2,6,9-12H2,1H3. The molecule has 1 saturated carbocycles. The summed E-state index contributed by atoms with van der Waals surface area (Å²) in [6, 6.07) is 10.7. The van der Waals surface area contributed by atoms with Gasteiger partial charge in [0.1, 0.15) is 0 Å². The number of hydrogen-bond acceptors (Lipinski definition) is 4. The maximum Gasteiger partial charge on any atom is 0.228 e. The maximum absolute atomic E-state index is 5.45. The summed E-state index contributed by atoms with van der Waals surface area (Å²) in [6.45, 7) is 3.17. The van der Waals surface area contributed by atoms with Crippen molar-refractivity contribution in [3.05, 3.63) is 47.6 Å². The summed E-state index contributed by atoms with van der Waals surface area (Å²) in [4.78, 5) is 4.59. The average Bonchev–Trinajstić information content (AvgIpc) is 2.90. The molecule has 1 aromatic carbocycles. The molecule has 0 radical (unpaired) electrons. The zero-order valence-corrected chi connectivity index (χ0v) is 12.6. The Kier molecular flexibility index (Phi) is 4.65. The number of nitrogens with zero attached hydrogens (tertiary/aromatic N) is 2. The Hall–Kier alpha value is -1.68. The summed E-state index contributed by atoms with van der Waals surface area (Å²) in [7, 11) is 0. The molecule has 1 fully saturated rings. The van der Waals surface area contributed by atoms with Crippen molar-refractivity contribution < 1.29 is 4.52 Å². The molecule has 1 heterocycles. The van der Waals surface area contributed by atoms with E-state index in [1.54, 1.807) is 0 Å². The van der Waals surface area contributed by atoms with Crippen molar-refractivity contribution >= 4 is 0 Å². The molecule has 1 aliphatic rings. The van der Waals surface area contributed by atoms with Crippen molar-refractivity contribution in [3.63, 3.8) is 0 Å². The van der Waals surface area contributed by atoms with Crippen molar-refractivity contribution in [2.75, 3.05) is 6.54 Å². The number of benzene rings is 1. The molecule has 112 valence electrons. The average molecular weight is 285 g/mol. The van der Waals surface area contributed by atoms with Crippen LogP contribution in [0, 0.1) is 0 Å². The molecule has 4 nitrogen and oxygen atoms in total. The van der Waals surface area contributed by atoms with Gasteiger partial charge in [-0.15, -0.1) is 0 Å². The molecule has 3 rings (SSSR count). The van der Waals surface area contributed by atoms with Crippen LogP contribution in [0.1, 0.15) is 61.8 Å². The monoisotopic (exact) mass is 285 g/mol. The van der Waals surface area contributed by atoms with E-state index in [0.717, 1.165) is 31.1 Å². The van der Waals surface area contributed by atoms with Gasteiger partial charge in [-0.05, 0) is 31.4 Å². The lowest BCUT2D eigenvalue weighted by molar-refractivity contribution is 0.337. The second kappa shape index (κ2) is 6.85. The molecule has 0 bridgehead atoms. The predicted molar refractivity (Wildman–Crippen MR) is 82.1 cm³/mol.